The summed E-state index contributed by atoms with van der Waals surface area (Å²) in [6, 6.07) is 21.8. The Morgan fingerprint density at radius 1 is 1.09 bits per heavy atom. The Kier molecular flexibility index (Phi) is 9.98. The van der Waals surface area contributed by atoms with Gasteiger partial charge in [0.1, 0.15) is 18.4 Å². The van der Waals surface area contributed by atoms with E-state index in [1.54, 1.807) is 23.6 Å². The van der Waals surface area contributed by atoms with Crippen LogP contribution in [0.4, 0.5) is 0 Å². The maximum atomic E-state index is 14.3. The Morgan fingerprint density at radius 2 is 1.89 bits per heavy atom. The minimum absolute atomic E-state index is 0.193. The molecule has 0 amide bonds. The maximum absolute atomic E-state index is 14.3. The van der Waals surface area contributed by atoms with Crippen LogP contribution in [0.2, 0.25) is 10.0 Å². The second-order valence-corrected chi connectivity index (χ2v) is 14.7. The lowest BCUT2D eigenvalue weighted by molar-refractivity contribution is -0.138. The van der Waals surface area contributed by atoms with Crippen LogP contribution in [0.25, 0.3) is 11.8 Å². The summed E-state index contributed by atoms with van der Waals surface area (Å²) >= 11 is 20.9. The number of hydrogen-bond acceptors (Lipinski definition) is 7. The fourth-order valence-corrected chi connectivity index (χ4v) is 8.76. The van der Waals surface area contributed by atoms with Crippen molar-refractivity contribution in [3.63, 3.8) is 0 Å². The second kappa shape index (κ2) is 13.9. The van der Waals surface area contributed by atoms with Gasteiger partial charge in [-0.3, -0.25) is 9.36 Å². The van der Waals surface area contributed by atoms with Crippen molar-refractivity contribution < 1.29 is 14.3 Å². The number of thiazole rings is 1. The first-order valence-electron chi connectivity index (χ1n) is 13.6. The van der Waals surface area contributed by atoms with Crippen molar-refractivity contribution in [2.75, 3.05) is 6.61 Å². The lowest BCUT2D eigenvalue weighted by Gasteiger charge is -2.24. The molecule has 0 bridgehead atoms. The minimum atomic E-state index is -0.703. The van der Waals surface area contributed by atoms with Crippen LogP contribution >= 0.6 is 84.4 Å². The van der Waals surface area contributed by atoms with Gasteiger partial charge in [0.15, 0.2) is 4.80 Å². The zero-order chi connectivity index (χ0) is 31.7. The number of thiophene rings is 1. The molecule has 0 fully saturated rings. The van der Waals surface area contributed by atoms with E-state index in [9.17, 15) is 9.59 Å². The molecule has 0 saturated carbocycles. The topological polar surface area (TPSA) is 69.9 Å². The fraction of sp³-hybridized carbons (Fsp3) is 0.121. The summed E-state index contributed by atoms with van der Waals surface area (Å²) in [6.45, 7) is 2.20. The molecule has 0 radical (unpaired) electrons. The average Bonchev–Trinajstić information content (AvgIpc) is 3.66. The first-order chi connectivity index (χ1) is 21.7. The molecule has 3 aromatic carbocycles. The molecule has 0 N–H and O–H groups in total. The number of carbonyl (C=O) groups excluding carboxylic acids is 1. The molecule has 6 nitrogen and oxygen atoms in total. The minimum Gasteiger partial charge on any atom is -0.487 e. The lowest BCUT2D eigenvalue weighted by Crippen LogP contribution is -2.39. The van der Waals surface area contributed by atoms with Gasteiger partial charge in [-0.2, -0.15) is 0 Å². The van der Waals surface area contributed by atoms with Crippen LogP contribution in [0.1, 0.15) is 34.5 Å². The molecular formula is C33H22BrCl2IN2O4S2. The van der Waals surface area contributed by atoms with E-state index in [-0.39, 0.29) is 18.8 Å². The largest absolute Gasteiger partial charge is 0.487 e. The smallest absolute Gasteiger partial charge is 0.338 e. The van der Waals surface area contributed by atoms with Crippen molar-refractivity contribution in [3.8, 4) is 5.75 Å². The molecule has 2 aromatic heterocycles. The molecule has 0 aliphatic carbocycles. The zero-order valence-corrected chi connectivity index (χ0v) is 30.3. The molecule has 0 unspecified atom stereocenters. The van der Waals surface area contributed by atoms with Gasteiger partial charge in [0.05, 0.1) is 36.0 Å². The highest BCUT2D eigenvalue weighted by Crippen LogP contribution is 2.37. The molecule has 1 aliphatic rings. The van der Waals surface area contributed by atoms with Crippen LogP contribution in [0.15, 0.2) is 98.0 Å². The first kappa shape index (κ1) is 32.2. The fourth-order valence-electron chi connectivity index (χ4n) is 4.92. The van der Waals surface area contributed by atoms with Gasteiger partial charge >= 0.3 is 5.97 Å². The van der Waals surface area contributed by atoms with Crippen molar-refractivity contribution in [1.29, 1.82) is 0 Å². The summed E-state index contributed by atoms with van der Waals surface area (Å²) in [6.07, 6.45) is 1.81. The average molecular weight is 852 g/mol. The molecule has 6 rings (SSSR count). The number of aromatic nitrogens is 1. The van der Waals surface area contributed by atoms with E-state index in [4.69, 9.17) is 37.7 Å². The maximum Gasteiger partial charge on any atom is 0.338 e. The van der Waals surface area contributed by atoms with Crippen LogP contribution in [-0.4, -0.2) is 17.1 Å². The molecule has 1 aliphatic heterocycles. The molecule has 1 atom stereocenters. The van der Waals surface area contributed by atoms with E-state index in [1.807, 2.05) is 72.1 Å². The Labute approximate surface area is 298 Å². The summed E-state index contributed by atoms with van der Waals surface area (Å²) in [7, 11) is 0. The molecule has 45 heavy (non-hydrogen) atoms. The Balaban J connectivity index is 1.52. The van der Waals surface area contributed by atoms with Gasteiger partial charge in [-0.15, -0.1) is 11.3 Å². The van der Waals surface area contributed by atoms with Crippen LogP contribution in [-0.2, 0) is 16.1 Å². The van der Waals surface area contributed by atoms with E-state index in [0.29, 0.717) is 42.0 Å². The van der Waals surface area contributed by atoms with E-state index in [2.05, 4.69) is 38.5 Å². The Morgan fingerprint density at radius 3 is 2.60 bits per heavy atom. The quantitative estimate of drug-likeness (QED) is 0.117. The van der Waals surface area contributed by atoms with Crippen LogP contribution < -0.4 is 19.6 Å². The third kappa shape index (κ3) is 6.72. The monoisotopic (exact) mass is 850 g/mol. The second-order valence-electron chi connectivity index (χ2n) is 9.79. The number of rotatable bonds is 8. The van der Waals surface area contributed by atoms with Crippen molar-refractivity contribution >= 4 is 102 Å². The van der Waals surface area contributed by atoms with Crippen molar-refractivity contribution in [3.05, 3.63) is 143 Å². The number of carbonyl (C=O) groups is 1. The molecule has 0 spiro atoms. The van der Waals surface area contributed by atoms with Gasteiger partial charge in [0.25, 0.3) is 5.56 Å². The highest BCUT2D eigenvalue weighted by Gasteiger charge is 2.35. The van der Waals surface area contributed by atoms with Crippen LogP contribution in [0, 0.1) is 3.57 Å². The van der Waals surface area contributed by atoms with Crippen LogP contribution in [0.5, 0.6) is 5.75 Å². The first-order valence-corrected chi connectivity index (χ1v) is 17.9. The van der Waals surface area contributed by atoms with Crippen molar-refractivity contribution in [2.45, 2.75) is 19.6 Å². The summed E-state index contributed by atoms with van der Waals surface area (Å²) in [5.41, 5.74) is 2.87. The number of benzene rings is 3. The summed E-state index contributed by atoms with van der Waals surface area (Å²) in [5, 5.41) is 2.84. The van der Waals surface area contributed by atoms with Gasteiger partial charge < -0.3 is 9.47 Å². The zero-order valence-electron chi connectivity index (χ0n) is 23.4. The third-order valence-electron chi connectivity index (χ3n) is 6.88. The van der Waals surface area contributed by atoms with Gasteiger partial charge in [-0.05, 0) is 76.9 Å². The predicted molar refractivity (Wildman–Crippen MR) is 193 cm³/mol. The van der Waals surface area contributed by atoms with Gasteiger partial charge in [-0.25, -0.2) is 9.79 Å². The SMILES string of the molecule is CCOC(=O)C1=C(c2ccccc2)N=c2s/c(=C\c3cc(Br)cc(I)c3OCc3ccc(Cl)c(Cl)c3)c(=O)n2[C@@H]1c1cccs1. The summed E-state index contributed by atoms with van der Waals surface area (Å²) in [4.78, 5) is 34.0. The van der Waals surface area contributed by atoms with Crippen molar-refractivity contribution in [2.24, 2.45) is 4.99 Å². The van der Waals surface area contributed by atoms with Crippen molar-refractivity contribution in [1.82, 2.24) is 4.57 Å². The number of esters is 1. The number of hydrogen-bond donors (Lipinski definition) is 0. The molecular weight excluding hydrogens is 830 g/mol. The molecule has 12 heteroatoms. The van der Waals surface area contributed by atoms with E-state index in [0.717, 1.165) is 24.0 Å². The van der Waals surface area contributed by atoms with E-state index >= 15 is 0 Å². The number of nitrogens with zero attached hydrogens (tertiary/aromatic N) is 2. The lowest BCUT2D eigenvalue weighted by atomic mass is 9.97. The summed E-state index contributed by atoms with van der Waals surface area (Å²) in [5.74, 6) is 0.106. The van der Waals surface area contributed by atoms with Gasteiger partial charge in [0.2, 0.25) is 0 Å². The standard InChI is InChI=1S/C33H22BrCl2IN2O4S2/c1-2-42-32(41)27-28(19-7-4-3-5-8-19)38-33-39(29(27)25-9-6-12-44-25)31(40)26(45-33)15-20-14-21(34)16-24(37)30(20)43-17-18-10-11-22(35)23(36)13-18/h3-16,29H,2,17H2,1H3/b26-15-/t29-/m1/s1. The van der Waals surface area contributed by atoms with Crippen LogP contribution in [0.3, 0.4) is 0 Å². The molecule has 228 valence electrons. The van der Waals surface area contributed by atoms with Gasteiger partial charge in [-0.1, -0.05) is 92.9 Å². The highest BCUT2D eigenvalue weighted by atomic mass is 127. The highest BCUT2D eigenvalue weighted by molar-refractivity contribution is 14.1. The third-order valence-corrected chi connectivity index (χ3v) is 10.8. The number of ether oxygens (including phenoxy) is 2. The molecule has 5 aromatic rings. The summed E-state index contributed by atoms with van der Waals surface area (Å²) < 4.78 is 15.6. The predicted octanol–water partition coefficient (Wildman–Crippen LogP) is 8.25. The van der Waals surface area contributed by atoms with E-state index in [1.165, 1.54) is 22.7 Å². The normalized spacial score (nSPS) is 14.7. The Bertz CT molecular complexity index is 2130. The van der Waals surface area contributed by atoms with E-state index < -0.39 is 12.0 Å². The molecule has 0 saturated heterocycles. The number of fused-ring (bicyclic) bond motifs is 1. The van der Waals surface area contributed by atoms with Gasteiger partial charge in [0, 0.05) is 20.5 Å². The molecule has 3 heterocycles. The Hall–Kier alpha value is -2.74. The number of halogens is 4.